The zero-order chi connectivity index (χ0) is 25.5. The number of rotatable bonds is 9. The number of carboxylic acids is 2. The summed E-state index contributed by atoms with van der Waals surface area (Å²) in [6.45, 7) is 0.348. The van der Waals surface area contributed by atoms with Crippen molar-refractivity contribution in [2.24, 2.45) is 0 Å². The van der Waals surface area contributed by atoms with E-state index in [2.05, 4.69) is 15.0 Å². The number of carbonyl (C=O) groups is 3. The third-order valence-electron chi connectivity index (χ3n) is 5.54. The van der Waals surface area contributed by atoms with Gasteiger partial charge in [-0.1, -0.05) is 18.2 Å². The highest BCUT2D eigenvalue weighted by molar-refractivity contribution is 6.03. The molecule has 0 spiro atoms. The minimum atomic E-state index is -1.33. The molecule has 0 saturated carbocycles. The van der Waals surface area contributed by atoms with Crippen molar-refractivity contribution in [3.05, 3.63) is 125 Å². The predicted molar refractivity (Wildman–Crippen MR) is 129 cm³/mol. The minimum absolute atomic E-state index is 0.00364. The van der Waals surface area contributed by atoms with Crippen molar-refractivity contribution in [3.8, 4) is 0 Å². The lowest BCUT2D eigenvalue weighted by Crippen LogP contribution is -2.32. The Labute approximate surface area is 206 Å². The van der Waals surface area contributed by atoms with Crippen molar-refractivity contribution in [3.63, 3.8) is 0 Å². The normalized spacial score (nSPS) is 10.6. The number of hydrogen-bond donors (Lipinski definition) is 2. The van der Waals surface area contributed by atoms with Crippen LogP contribution in [0.1, 0.15) is 53.3 Å². The second kappa shape index (κ2) is 11.0. The number of benzene rings is 1. The van der Waals surface area contributed by atoms with Crippen LogP contribution in [0.2, 0.25) is 0 Å². The van der Waals surface area contributed by atoms with Gasteiger partial charge >= 0.3 is 11.9 Å². The van der Waals surface area contributed by atoms with Crippen molar-refractivity contribution >= 4 is 17.8 Å². The van der Waals surface area contributed by atoms with E-state index < -0.39 is 17.8 Å². The molecule has 1 amide bonds. The maximum atomic E-state index is 14.0. The van der Waals surface area contributed by atoms with Gasteiger partial charge in [0.15, 0.2) is 0 Å². The van der Waals surface area contributed by atoms with E-state index in [1.807, 2.05) is 12.1 Å². The average molecular weight is 482 g/mol. The molecule has 0 fully saturated rings. The number of hydrogen-bond acceptors (Lipinski definition) is 6. The van der Waals surface area contributed by atoms with E-state index >= 15 is 0 Å². The van der Waals surface area contributed by atoms with E-state index in [-0.39, 0.29) is 41.8 Å². The molecular formula is C27H22N4O5. The number of carbonyl (C=O) groups excluding carboxylic acids is 1. The molecule has 36 heavy (non-hydrogen) atoms. The fraction of sp³-hybridized carbons (Fsp3) is 0.111. The Morgan fingerprint density at radius 3 is 1.64 bits per heavy atom. The topological polar surface area (TPSA) is 134 Å². The average Bonchev–Trinajstić information content (AvgIpc) is 2.89. The zero-order valence-electron chi connectivity index (χ0n) is 19.1. The predicted octanol–water partition coefficient (Wildman–Crippen LogP) is 3.70. The molecule has 4 aromatic rings. The molecule has 0 aliphatic rings. The van der Waals surface area contributed by atoms with E-state index in [0.717, 1.165) is 17.2 Å². The van der Waals surface area contributed by atoms with Crippen LogP contribution >= 0.6 is 0 Å². The van der Waals surface area contributed by atoms with Crippen LogP contribution in [0.15, 0.2) is 85.7 Å². The van der Waals surface area contributed by atoms with Gasteiger partial charge in [-0.05, 0) is 52.6 Å². The van der Waals surface area contributed by atoms with Gasteiger partial charge in [0.25, 0.3) is 5.91 Å². The molecule has 0 atom stereocenters. The summed E-state index contributed by atoms with van der Waals surface area (Å²) in [6.07, 6.45) is 9.77. The van der Waals surface area contributed by atoms with E-state index in [1.54, 1.807) is 61.4 Å². The molecular weight excluding hydrogens is 460 g/mol. The van der Waals surface area contributed by atoms with Gasteiger partial charge in [0.05, 0.1) is 11.1 Å². The first-order valence-corrected chi connectivity index (χ1v) is 11.0. The quantitative estimate of drug-likeness (QED) is 0.369. The Morgan fingerprint density at radius 2 is 1.19 bits per heavy atom. The monoisotopic (exact) mass is 482 g/mol. The molecule has 4 rings (SSSR count). The van der Waals surface area contributed by atoms with Gasteiger partial charge in [0.1, 0.15) is 0 Å². The highest BCUT2D eigenvalue weighted by atomic mass is 16.4. The Morgan fingerprint density at radius 1 is 0.694 bits per heavy atom. The summed E-state index contributed by atoms with van der Waals surface area (Å²) in [6, 6.07) is 12.9. The van der Waals surface area contributed by atoms with Crippen LogP contribution in [0.3, 0.4) is 0 Å². The second-order valence-corrected chi connectivity index (χ2v) is 8.08. The van der Waals surface area contributed by atoms with Gasteiger partial charge in [-0.2, -0.15) is 0 Å². The third-order valence-corrected chi connectivity index (χ3v) is 5.54. The lowest BCUT2D eigenvalue weighted by atomic mass is 9.92. The van der Waals surface area contributed by atoms with Crippen molar-refractivity contribution < 1.29 is 24.6 Å². The van der Waals surface area contributed by atoms with Crippen LogP contribution in [-0.4, -0.2) is 47.9 Å². The summed E-state index contributed by atoms with van der Waals surface area (Å²) >= 11 is 0. The molecule has 1 aromatic carbocycles. The molecule has 0 aliphatic heterocycles. The van der Waals surface area contributed by atoms with Gasteiger partial charge in [0.2, 0.25) is 0 Å². The maximum Gasteiger partial charge on any atom is 0.336 e. The van der Waals surface area contributed by atoms with Crippen LogP contribution in [0, 0.1) is 0 Å². The number of amides is 1. The standard InChI is InChI=1S/C27H22N4O5/c32-25(31(16-19-5-2-8-29-14-19)17-20-6-3-9-30-15-20)23-11-21(26(33)34)12-24(27(35)36)22(23)10-18-4-1-7-28-13-18/h1-9,11-15H,10,16-17H2,(H,33,34)(H,35,36). The van der Waals surface area contributed by atoms with Crippen molar-refractivity contribution in [2.45, 2.75) is 19.5 Å². The molecule has 2 N–H and O–H groups in total. The molecule has 180 valence electrons. The first-order valence-electron chi connectivity index (χ1n) is 11.0. The Kier molecular flexibility index (Phi) is 7.40. The van der Waals surface area contributed by atoms with Gasteiger partial charge in [-0.25, -0.2) is 9.59 Å². The minimum Gasteiger partial charge on any atom is -0.478 e. The molecule has 9 heteroatoms. The molecule has 0 saturated heterocycles. The Bertz CT molecular complexity index is 1340. The molecule has 3 heterocycles. The fourth-order valence-corrected chi connectivity index (χ4v) is 3.87. The van der Waals surface area contributed by atoms with Crippen LogP contribution in [0.5, 0.6) is 0 Å². The highest BCUT2D eigenvalue weighted by Gasteiger charge is 2.26. The van der Waals surface area contributed by atoms with E-state index in [9.17, 15) is 24.6 Å². The van der Waals surface area contributed by atoms with Gasteiger partial charge in [-0.3, -0.25) is 19.7 Å². The van der Waals surface area contributed by atoms with Crippen LogP contribution in [-0.2, 0) is 19.5 Å². The fourth-order valence-electron chi connectivity index (χ4n) is 3.87. The number of pyridine rings is 3. The van der Waals surface area contributed by atoms with Gasteiger partial charge in [0, 0.05) is 62.3 Å². The highest BCUT2D eigenvalue weighted by Crippen LogP contribution is 2.25. The third kappa shape index (κ3) is 5.76. The zero-order valence-corrected chi connectivity index (χ0v) is 19.1. The van der Waals surface area contributed by atoms with E-state index in [1.165, 1.54) is 11.0 Å². The maximum absolute atomic E-state index is 14.0. The number of carboxylic acid groups (broad SMARTS) is 2. The molecule has 0 aliphatic carbocycles. The Balaban J connectivity index is 1.84. The molecule has 0 unspecified atom stereocenters. The summed E-state index contributed by atoms with van der Waals surface area (Å²) in [5.74, 6) is -3.16. The lowest BCUT2D eigenvalue weighted by molar-refractivity contribution is 0.0695. The van der Waals surface area contributed by atoms with Crippen molar-refractivity contribution in [2.75, 3.05) is 0 Å². The number of nitrogens with zero attached hydrogens (tertiary/aromatic N) is 4. The first kappa shape index (κ1) is 24.2. The van der Waals surface area contributed by atoms with Crippen LogP contribution in [0.4, 0.5) is 0 Å². The van der Waals surface area contributed by atoms with E-state index in [0.29, 0.717) is 5.56 Å². The summed E-state index contributed by atoms with van der Waals surface area (Å²) in [5, 5.41) is 19.6. The lowest BCUT2D eigenvalue weighted by Gasteiger charge is -2.25. The molecule has 9 nitrogen and oxygen atoms in total. The van der Waals surface area contributed by atoms with Crippen molar-refractivity contribution in [1.82, 2.24) is 19.9 Å². The largest absolute Gasteiger partial charge is 0.478 e. The second-order valence-electron chi connectivity index (χ2n) is 8.08. The summed E-state index contributed by atoms with van der Waals surface area (Å²) < 4.78 is 0. The van der Waals surface area contributed by atoms with Crippen LogP contribution in [0.25, 0.3) is 0 Å². The molecule has 0 radical (unpaired) electrons. The summed E-state index contributed by atoms with van der Waals surface area (Å²) in [7, 11) is 0. The number of aromatic carboxylic acids is 2. The number of aromatic nitrogens is 3. The Hall–Kier alpha value is -4.92. The molecule has 3 aromatic heterocycles. The molecule has 0 bridgehead atoms. The van der Waals surface area contributed by atoms with Crippen molar-refractivity contribution in [1.29, 1.82) is 0 Å². The first-order chi connectivity index (χ1) is 17.4. The summed E-state index contributed by atoms with van der Waals surface area (Å²) in [4.78, 5) is 51.8. The van der Waals surface area contributed by atoms with Gasteiger partial charge < -0.3 is 15.1 Å². The smallest absolute Gasteiger partial charge is 0.336 e. The SMILES string of the molecule is O=C(O)c1cc(C(=O)O)c(Cc2cccnc2)c(C(=O)N(Cc2cccnc2)Cc2cccnc2)c1. The summed E-state index contributed by atoms with van der Waals surface area (Å²) in [5.41, 5.74) is 1.89. The van der Waals surface area contributed by atoms with E-state index in [4.69, 9.17) is 0 Å². The van der Waals surface area contributed by atoms with Gasteiger partial charge in [-0.15, -0.1) is 0 Å². The van der Waals surface area contributed by atoms with Crippen LogP contribution < -0.4 is 0 Å².